The van der Waals surface area contributed by atoms with Crippen molar-refractivity contribution in [2.24, 2.45) is 0 Å². The molecule has 0 saturated heterocycles. The van der Waals surface area contributed by atoms with Gasteiger partial charge < -0.3 is 0 Å². The molecule has 0 fully saturated rings. The molecule has 2 heterocycles. The first-order valence-electron chi connectivity index (χ1n) is 4.00. The minimum Gasteiger partial charge on any atom is -0.244 e. The number of nitrogens with zero attached hydrogens (tertiary/aromatic N) is 2. The SMILES string of the molecule is Clc1ccc(-c2cccc(Cl)n2)cn1. The van der Waals surface area contributed by atoms with Crippen molar-refractivity contribution in [3.8, 4) is 11.3 Å². The predicted molar refractivity (Wildman–Crippen MR) is 57.5 cm³/mol. The molecule has 0 aliphatic rings. The maximum atomic E-state index is 5.77. The second-order valence-corrected chi connectivity index (χ2v) is 3.49. The standard InChI is InChI=1S/C10H6Cl2N2/c11-9-5-4-7(6-13-9)8-2-1-3-10(12)14-8/h1-6H. The first-order valence-corrected chi connectivity index (χ1v) is 4.76. The number of aromatic nitrogens is 2. The monoisotopic (exact) mass is 224 g/mol. The van der Waals surface area contributed by atoms with E-state index in [1.54, 1.807) is 18.3 Å². The van der Waals surface area contributed by atoms with Crippen LogP contribution in [-0.4, -0.2) is 9.97 Å². The van der Waals surface area contributed by atoms with Gasteiger partial charge in [0.2, 0.25) is 0 Å². The van der Waals surface area contributed by atoms with Crippen LogP contribution in [0.3, 0.4) is 0 Å². The molecule has 0 radical (unpaired) electrons. The zero-order valence-electron chi connectivity index (χ0n) is 7.11. The van der Waals surface area contributed by atoms with E-state index in [1.165, 1.54) is 0 Å². The summed E-state index contributed by atoms with van der Waals surface area (Å²) in [6, 6.07) is 9.03. The van der Waals surface area contributed by atoms with Crippen LogP contribution in [0.25, 0.3) is 11.3 Å². The highest BCUT2D eigenvalue weighted by atomic mass is 35.5. The van der Waals surface area contributed by atoms with Gasteiger partial charge in [-0.15, -0.1) is 0 Å². The molecule has 14 heavy (non-hydrogen) atoms. The Labute approximate surface area is 91.5 Å². The Bertz CT molecular complexity index is 440. The summed E-state index contributed by atoms with van der Waals surface area (Å²) in [5, 5.41) is 0.938. The van der Waals surface area contributed by atoms with Crippen molar-refractivity contribution in [3.63, 3.8) is 0 Å². The minimum atomic E-state index is 0.468. The quantitative estimate of drug-likeness (QED) is 0.694. The lowest BCUT2D eigenvalue weighted by Gasteiger charge is -1.99. The molecule has 4 heteroatoms. The van der Waals surface area contributed by atoms with Crippen LogP contribution in [0.15, 0.2) is 36.5 Å². The van der Waals surface area contributed by atoms with Gasteiger partial charge in [0.1, 0.15) is 10.3 Å². The van der Waals surface area contributed by atoms with Gasteiger partial charge in [0, 0.05) is 11.8 Å². The van der Waals surface area contributed by atoms with Gasteiger partial charge in [0.25, 0.3) is 0 Å². The zero-order chi connectivity index (χ0) is 9.97. The van der Waals surface area contributed by atoms with Gasteiger partial charge in [-0.25, -0.2) is 9.97 Å². The average molecular weight is 225 g/mol. The third-order valence-electron chi connectivity index (χ3n) is 1.74. The topological polar surface area (TPSA) is 25.8 Å². The van der Waals surface area contributed by atoms with E-state index in [9.17, 15) is 0 Å². The fraction of sp³-hybridized carbons (Fsp3) is 0. The fourth-order valence-electron chi connectivity index (χ4n) is 1.10. The number of halogens is 2. The van der Waals surface area contributed by atoms with Crippen LogP contribution >= 0.6 is 23.2 Å². The van der Waals surface area contributed by atoms with Crippen molar-refractivity contribution in [2.45, 2.75) is 0 Å². The summed E-state index contributed by atoms with van der Waals surface area (Å²) in [6.45, 7) is 0. The molecule has 0 N–H and O–H groups in total. The van der Waals surface area contributed by atoms with Crippen LogP contribution in [0.5, 0.6) is 0 Å². The Morgan fingerprint density at radius 2 is 1.79 bits per heavy atom. The highest BCUT2D eigenvalue weighted by Crippen LogP contribution is 2.18. The van der Waals surface area contributed by atoms with Crippen LogP contribution in [0.2, 0.25) is 10.3 Å². The van der Waals surface area contributed by atoms with Crippen molar-refractivity contribution in [1.82, 2.24) is 9.97 Å². The van der Waals surface area contributed by atoms with Crippen LogP contribution in [0, 0.1) is 0 Å². The van der Waals surface area contributed by atoms with E-state index < -0.39 is 0 Å². The number of pyridine rings is 2. The normalized spacial score (nSPS) is 10.1. The van der Waals surface area contributed by atoms with Crippen molar-refractivity contribution < 1.29 is 0 Å². The highest BCUT2D eigenvalue weighted by Gasteiger charge is 1.99. The molecule has 2 aromatic heterocycles. The minimum absolute atomic E-state index is 0.468. The fourth-order valence-corrected chi connectivity index (χ4v) is 1.37. The van der Waals surface area contributed by atoms with E-state index in [2.05, 4.69) is 9.97 Å². The van der Waals surface area contributed by atoms with Gasteiger partial charge in [-0.1, -0.05) is 29.3 Å². The second-order valence-electron chi connectivity index (χ2n) is 2.72. The molecule has 70 valence electrons. The highest BCUT2D eigenvalue weighted by molar-refractivity contribution is 6.29. The molecule has 0 aromatic carbocycles. The number of rotatable bonds is 1. The summed E-state index contributed by atoms with van der Waals surface area (Å²) in [7, 11) is 0. The Morgan fingerprint density at radius 1 is 0.929 bits per heavy atom. The molecule has 0 aliphatic heterocycles. The molecule has 0 unspecified atom stereocenters. The largest absolute Gasteiger partial charge is 0.244 e. The first-order chi connectivity index (χ1) is 6.75. The van der Waals surface area contributed by atoms with E-state index in [4.69, 9.17) is 23.2 Å². The van der Waals surface area contributed by atoms with Crippen LogP contribution < -0.4 is 0 Å². The zero-order valence-corrected chi connectivity index (χ0v) is 8.63. The lowest BCUT2D eigenvalue weighted by Crippen LogP contribution is -1.84. The number of hydrogen-bond donors (Lipinski definition) is 0. The smallest absolute Gasteiger partial charge is 0.129 e. The van der Waals surface area contributed by atoms with Crippen molar-refractivity contribution in [2.75, 3.05) is 0 Å². The van der Waals surface area contributed by atoms with Gasteiger partial charge in [-0.05, 0) is 24.3 Å². The molecular formula is C10H6Cl2N2. The van der Waals surface area contributed by atoms with Gasteiger partial charge in [-0.3, -0.25) is 0 Å². The number of hydrogen-bond acceptors (Lipinski definition) is 2. The molecular weight excluding hydrogens is 219 g/mol. The molecule has 2 rings (SSSR count). The summed E-state index contributed by atoms with van der Waals surface area (Å²) in [4.78, 5) is 8.12. The van der Waals surface area contributed by atoms with Crippen LogP contribution in [0.4, 0.5) is 0 Å². The van der Waals surface area contributed by atoms with Gasteiger partial charge >= 0.3 is 0 Å². The molecule has 0 aliphatic carbocycles. The third kappa shape index (κ3) is 2.03. The molecule has 0 saturated carbocycles. The summed E-state index contributed by atoms with van der Waals surface area (Å²) in [5.74, 6) is 0. The molecule has 0 atom stereocenters. The lowest BCUT2D eigenvalue weighted by atomic mass is 10.2. The summed E-state index contributed by atoms with van der Waals surface area (Å²) >= 11 is 11.4. The van der Waals surface area contributed by atoms with Crippen molar-refractivity contribution in [1.29, 1.82) is 0 Å². The summed E-state index contributed by atoms with van der Waals surface area (Å²) in [6.07, 6.45) is 1.67. The Morgan fingerprint density at radius 3 is 2.43 bits per heavy atom. The van der Waals surface area contributed by atoms with Crippen molar-refractivity contribution >= 4 is 23.2 Å². The Kier molecular flexibility index (Phi) is 2.66. The van der Waals surface area contributed by atoms with E-state index in [0.717, 1.165) is 11.3 Å². The maximum Gasteiger partial charge on any atom is 0.129 e. The third-order valence-corrected chi connectivity index (χ3v) is 2.17. The first kappa shape index (κ1) is 9.44. The summed E-state index contributed by atoms with van der Waals surface area (Å²) < 4.78 is 0. The van der Waals surface area contributed by atoms with Crippen LogP contribution in [0.1, 0.15) is 0 Å². The van der Waals surface area contributed by atoms with E-state index in [1.807, 2.05) is 18.2 Å². The van der Waals surface area contributed by atoms with E-state index in [0.29, 0.717) is 10.3 Å². The van der Waals surface area contributed by atoms with Gasteiger partial charge in [0.15, 0.2) is 0 Å². The average Bonchev–Trinajstić information content (AvgIpc) is 2.19. The lowest BCUT2D eigenvalue weighted by molar-refractivity contribution is 1.28. The molecule has 0 amide bonds. The Hall–Kier alpha value is -1.12. The van der Waals surface area contributed by atoms with Crippen molar-refractivity contribution in [3.05, 3.63) is 46.8 Å². The van der Waals surface area contributed by atoms with Crippen LogP contribution in [-0.2, 0) is 0 Å². The molecule has 0 bridgehead atoms. The second kappa shape index (κ2) is 3.95. The predicted octanol–water partition coefficient (Wildman–Crippen LogP) is 3.45. The summed E-state index contributed by atoms with van der Waals surface area (Å²) in [5.41, 5.74) is 1.69. The van der Waals surface area contributed by atoms with E-state index in [-0.39, 0.29) is 0 Å². The Balaban J connectivity index is 2.44. The molecule has 2 nitrogen and oxygen atoms in total. The maximum absolute atomic E-state index is 5.77. The molecule has 2 aromatic rings. The van der Waals surface area contributed by atoms with E-state index >= 15 is 0 Å². The molecule has 0 spiro atoms. The van der Waals surface area contributed by atoms with Gasteiger partial charge in [0.05, 0.1) is 5.69 Å². The van der Waals surface area contributed by atoms with Gasteiger partial charge in [-0.2, -0.15) is 0 Å².